The number of benzene rings is 2. The topological polar surface area (TPSA) is 93.7 Å². The number of anilines is 1. The monoisotopic (exact) mass is 432 g/mol. The van der Waals surface area contributed by atoms with Crippen LogP contribution in [-0.2, 0) is 21.2 Å². The van der Waals surface area contributed by atoms with Crippen molar-refractivity contribution in [3.63, 3.8) is 0 Å². The number of hydrogen-bond acceptors (Lipinski definition) is 5. The van der Waals surface area contributed by atoms with Gasteiger partial charge in [-0.3, -0.25) is 4.79 Å². The minimum absolute atomic E-state index is 0.0654. The van der Waals surface area contributed by atoms with Crippen LogP contribution >= 0.6 is 0 Å². The minimum Gasteiger partial charge on any atom is -0.493 e. The van der Waals surface area contributed by atoms with Gasteiger partial charge in [-0.05, 0) is 63.1 Å². The normalized spacial score (nSPS) is 11.6. The van der Waals surface area contributed by atoms with Crippen LogP contribution in [-0.4, -0.2) is 33.6 Å². The first-order valence-corrected chi connectivity index (χ1v) is 10.9. The Balaban J connectivity index is 2.05. The predicted molar refractivity (Wildman–Crippen MR) is 118 cm³/mol. The highest BCUT2D eigenvalue weighted by Crippen LogP contribution is 2.28. The maximum absolute atomic E-state index is 12.5. The van der Waals surface area contributed by atoms with Gasteiger partial charge in [0, 0.05) is 11.2 Å². The second kappa shape index (κ2) is 9.77. The van der Waals surface area contributed by atoms with E-state index in [1.165, 1.54) is 19.2 Å². The van der Waals surface area contributed by atoms with Crippen molar-refractivity contribution in [1.82, 2.24) is 4.72 Å². The van der Waals surface area contributed by atoms with Gasteiger partial charge in [-0.1, -0.05) is 18.2 Å². The number of allylic oxidation sites excluding steroid dienone is 1. The third-order valence-corrected chi connectivity index (χ3v) is 5.59. The molecule has 0 radical (unpaired) electrons. The molecule has 1 amide bonds. The highest BCUT2D eigenvalue weighted by atomic mass is 32.2. The minimum atomic E-state index is -3.71. The number of rotatable bonds is 9. The molecule has 0 atom stereocenters. The second-order valence-electron chi connectivity index (χ2n) is 7.70. The highest BCUT2D eigenvalue weighted by molar-refractivity contribution is 7.89. The van der Waals surface area contributed by atoms with Crippen molar-refractivity contribution in [3.05, 3.63) is 60.7 Å². The molecular weight excluding hydrogens is 404 g/mol. The number of amides is 1. The van der Waals surface area contributed by atoms with Crippen molar-refractivity contribution < 1.29 is 22.7 Å². The van der Waals surface area contributed by atoms with E-state index in [1.54, 1.807) is 45.0 Å². The molecule has 0 saturated heterocycles. The Morgan fingerprint density at radius 1 is 1.13 bits per heavy atom. The quantitative estimate of drug-likeness (QED) is 0.592. The van der Waals surface area contributed by atoms with Crippen LogP contribution in [0.3, 0.4) is 0 Å². The van der Waals surface area contributed by atoms with Crippen molar-refractivity contribution in [2.45, 2.75) is 37.6 Å². The molecule has 8 heteroatoms. The number of methoxy groups -OCH3 is 1. The predicted octanol–water partition coefficient (Wildman–Crippen LogP) is 3.52. The number of nitrogens with one attached hydrogen (secondary N) is 2. The Hall–Kier alpha value is -2.84. The molecule has 0 aliphatic rings. The summed E-state index contributed by atoms with van der Waals surface area (Å²) in [5.41, 5.74) is 0.751. The summed E-state index contributed by atoms with van der Waals surface area (Å²) in [6, 6.07) is 11.5. The molecule has 0 unspecified atom stereocenters. The van der Waals surface area contributed by atoms with Gasteiger partial charge in [0.2, 0.25) is 10.0 Å². The first-order chi connectivity index (χ1) is 14.0. The van der Waals surface area contributed by atoms with E-state index in [-0.39, 0.29) is 11.5 Å². The molecule has 0 aliphatic carbocycles. The highest BCUT2D eigenvalue weighted by Gasteiger charge is 2.22. The lowest BCUT2D eigenvalue weighted by Gasteiger charge is -2.20. The number of carbonyl (C=O) groups excluding carboxylic acids is 1. The molecule has 0 saturated carbocycles. The van der Waals surface area contributed by atoms with Gasteiger partial charge in [0.05, 0.1) is 12.0 Å². The molecule has 0 spiro atoms. The molecular formula is C22H28N2O5S. The van der Waals surface area contributed by atoms with Crippen LogP contribution in [0.1, 0.15) is 26.3 Å². The second-order valence-corrected chi connectivity index (χ2v) is 9.38. The van der Waals surface area contributed by atoms with E-state index in [9.17, 15) is 13.2 Å². The Kier molecular flexibility index (Phi) is 7.64. The molecule has 0 aliphatic heterocycles. The fraction of sp³-hybridized carbons (Fsp3) is 0.318. The SMILES string of the molecule is C=CCc1ccc(OCC(=O)Nc2cccc(S(=O)(=O)NC(C)(C)C)c2)c(OC)c1. The van der Waals surface area contributed by atoms with Crippen LogP contribution in [0.15, 0.2) is 60.0 Å². The molecule has 7 nitrogen and oxygen atoms in total. The summed E-state index contributed by atoms with van der Waals surface area (Å²) in [4.78, 5) is 12.4. The van der Waals surface area contributed by atoms with Crippen molar-refractivity contribution in [2.75, 3.05) is 19.0 Å². The van der Waals surface area contributed by atoms with Crippen LogP contribution in [0, 0.1) is 0 Å². The molecule has 30 heavy (non-hydrogen) atoms. The van der Waals surface area contributed by atoms with E-state index in [0.29, 0.717) is 23.6 Å². The summed E-state index contributed by atoms with van der Waals surface area (Å²) in [5, 5.41) is 2.65. The van der Waals surface area contributed by atoms with Gasteiger partial charge in [-0.2, -0.15) is 0 Å². The molecule has 2 aromatic carbocycles. The van der Waals surface area contributed by atoms with Gasteiger partial charge in [0.15, 0.2) is 18.1 Å². The number of carbonyl (C=O) groups is 1. The summed E-state index contributed by atoms with van der Waals surface area (Å²) in [5.74, 6) is 0.528. The Labute approximate surface area is 178 Å². The smallest absolute Gasteiger partial charge is 0.262 e. The number of ether oxygens (including phenoxy) is 2. The first kappa shape index (κ1) is 23.4. The largest absolute Gasteiger partial charge is 0.493 e. The van der Waals surface area contributed by atoms with E-state index >= 15 is 0 Å². The standard InChI is InChI=1S/C22H28N2O5S/c1-6-8-16-11-12-19(20(13-16)28-5)29-15-21(25)23-17-9-7-10-18(14-17)30(26,27)24-22(2,3)4/h6-7,9-14,24H,1,8,15H2,2-5H3,(H,23,25). The van der Waals surface area contributed by atoms with Gasteiger partial charge >= 0.3 is 0 Å². The lowest BCUT2D eigenvalue weighted by Crippen LogP contribution is -2.40. The Morgan fingerprint density at radius 2 is 1.87 bits per heavy atom. The maximum Gasteiger partial charge on any atom is 0.262 e. The molecule has 0 aromatic heterocycles. The Bertz CT molecular complexity index is 1010. The zero-order valence-electron chi connectivity index (χ0n) is 17.7. The summed E-state index contributed by atoms with van der Waals surface area (Å²) in [7, 11) is -2.18. The fourth-order valence-electron chi connectivity index (χ4n) is 2.67. The van der Waals surface area contributed by atoms with Gasteiger partial charge in [-0.25, -0.2) is 13.1 Å². The van der Waals surface area contributed by atoms with E-state index in [0.717, 1.165) is 5.56 Å². The average molecular weight is 433 g/mol. The van der Waals surface area contributed by atoms with E-state index in [2.05, 4.69) is 16.6 Å². The summed E-state index contributed by atoms with van der Waals surface area (Å²) < 4.78 is 38.4. The van der Waals surface area contributed by atoms with Crippen LogP contribution in [0.2, 0.25) is 0 Å². The molecule has 2 aromatic rings. The van der Waals surface area contributed by atoms with E-state index in [4.69, 9.17) is 9.47 Å². The van der Waals surface area contributed by atoms with E-state index in [1.807, 2.05) is 12.1 Å². The van der Waals surface area contributed by atoms with Gasteiger partial charge in [0.25, 0.3) is 5.91 Å². The third kappa shape index (κ3) is 6.89. The molecule has 2 N–H and O–H groups in total. The maximum atomic E-state index is 12.5. The lowest BCUT2D eigenvalue weighted by atomic mass is 10.1. The van der Waals surface area contributed by atoms with E-state index < -0.39 is 21.5 Å². The molecule has 0 heterocycles. The van der Waals surface area contributed by atoms with Gasteiger partial charge < -0.3 is 14.8 Å². The fourth-order valence-corrected chi connectivity index (χ4v) is 4.13. The van der Waals surface area contributed by atoms with Crippen molar-refractivity contribution in [3.8, 4) is 11.5 Å². The molecule has 162 valence electrons. The zero-order valence-corrected chi connectivity index (χ0v) is 18.5. The van der Waals surface area contributed by atoms with Crippen LogP contribution in [0.4, 0.5) is 5.69 Å². The van der Waals surface area contributed by atoms with Crippen molar-refractivity contribution >= 4 is 21.6 Å². The molecule has 0 bridgehead atoms. The van der Waals surface area contributed by atoms with Gasteiger partial charge in [-0.15, -0.1) is 6.58 Å². The third-order valence-electron chi connectivity index (χ3n) is 3.84. The first-order valence-electron chi connectivity index (χ1n) is 9.38. The average Bonchev–Trinajstić information content (AvgIpc) is 2.65. The lowest BCUT2D eigenvalue weighted by molar-refractivity contribution is -0.118. The van der Waals surface area contributed by atoms with Gasteiger partial charge in [0.1, 0.15) is 0 Å². The number of hydrogen-bond donors (Lipinski definition) is 2. The number of sulfonamides is 1. The van der Waals surface area contributed by atoms with Crippen LogP contribution in [0.5, 0.6) is 11.5 Å². The van der Waals surface area contributed by atoms with Crippen LogP contribution < -0.4 is 19.5 Å². The zero-order chi connectivity index (χ0) is 22.4. The summed E-state index contributed by atoms with van der Waals surface area (Å²) in [6.45, 7) is 8.72. The summed E-state index contributed by atoms with van der Waals surface area (Å²) in [6.07, 6.45) is 2.48. The van der Waals surface area contributed by atoms with Crippen molar-refractivity contribution in [2.24, 2.45) is 0 Å². The van der Waals surface area contributed by atoms with Crippen LogP contribution in [0.25, 0.3) is 0 Å². The van der Waals surface area contributed by atoms with Crippen molar-refractivity contribution in [1.29, 1.82) is 0 Å². The molecule has 2 rings (SSSR count). The summed E-state index contributed by atoms with van der Waals surface area (Å²) >= 11 is 0. The Morgan fingerprint density at radius 3 is 2.50 bits per heavy atom. The molecule has 0 fully saturated rings.